The van der Waals surface area contributed by atoms with Crippen LogP contribution in [0.3, 0.4) is 0 Å². The number of ketones is 1. The van der Waals surface area contributed by atoms with Gasteiger partial charge in [0, 0.05) is 18.7 Å². The Hall–Kier alpha value is -3.29. The van der Waals surface area contributed by atoms with Crippen LogP contribution in [0.25, 0.3) is 0 Å². The number of rotatable bonds is 6. The van der Waals surface area contributed by atoms with Gasteiger partial charge in [0.25, 0.3) is 0 Å². The average molecular weight is 363 g/mol. The molecule has 0 atom stereocenters. The van der Waals surface area contributed by atoms with Crippen LogP contribution in [0, 0.1) is 11.6 Å². The van der Waals surface area contributed by atoms with Crippen LogP contribution in [0.2, 0.25) is 0 Å². The van der Waals surface area contributed by atoms with Crippen LogP contribution in [0.15, 0.2) is 36.4 Å². The second kappa shape index (κ2) is 8.19. The van der Waals surface area contributed by atoms with Crippen molar-refractivity contribution >= 4 is 23.3 Å². The summed E-state index contributed by atoms with van der Waals surface area (Å²) in [6.07, 6.45) is 0. The van der Waals surface area contributed by atoms with Gasteiger partial charge in [-0.2, -0.15) is 0 Å². The van der Waals surface area contributed by atoms with Crippen molar-refractivity contribution in [3.05, 3.63) is 59.2 Å². The van der Waals surface area contributed by atoms with E-state index in [0.717, 1.165) is 24.3 Å². The Morgan fingerprint density at radius 2 is 1.65 bits per heavy atom. The first-order valence-electron chi connectivity index (χ1n) is 7.43. The molecule has 2 rings (SSSR count). The molecule has 0 saturated heterocycles. The summed E-state index contributed by atoms with van der Waals surface area (Å²) in [6, 6.07) is 6.98. The van der Waals surface area contributed by atoms with Gasteiger partial charge in [-0.1, -0.05) is 0 Å². The molecule has 136 valence electrons. The first kappa shape index (κ1) is 19.0. The lowest BCUT2D eigenvalue weighted by atomic mass is 10.1. The monoisotopic (exact) mass is 363 g/mol. The van der Waals surface area contributed by atoms with Crippen LogP contribution in [0.4, 0.5) is 14.5 Å². The molecule has 0 radical (unpaired) electrons. The molecule has 8 heteroatoms. The summed E-state index contributed by atoms with van der Waals surface area (Å²) < 4.78 is 37.3. The molecule has 0 saturated carbocycles. The third kappa shape index (κ3) is 4.62. The van der Waals surface area contributed by atoms with Crippen molar-refractivity contribution in [2.24, 2.45) is 0 Å². The molecular formula is C18H15F2NO5. The molecule has 2 aromatic rings. The third-order valence-electron chi connectivity index (χ3n) is 3.32. The fourth-order valence-electron chi connectivity index (χ4n) is 2.10. The van der Waals surface area contributed by atoms with Gasteiger partial charge < -0.3 is 14.8 Å². The molecular weight excluding hydrogens is 348 g/mol. The predicted octanol–water partition coefficient (Wildman–Crippen LogP) is 2.97. The highest BCUT2D eigenvalue weighted by atomic mass is 19.1. The highest BCUT2D eigenvalue weighted by Gasteiger charge is 2.18. The van der Waals surface area contributed by atoms with E-state index in [1.54, 1.807) is 0 Å². The van der Waals surface area contributed by atoms with Gasteiger partial charge in [-0.05, 0) is 30.3 Å². The number of ether oxygens (including phenoxy) is 2. The van der Waals surface area contributed by atoms with E-state index in [0.29, 0.717) is 0 Å². The third-order valence-corrected chi connectivity index (χ3v) is 3.32. The Balaban J connectivity index is 2.04. The summed E-state index contributed by atoms with van der Waals surface area (Å²) in [5, 5.41) is 2.37. The highest BCUT2D eigenvalue weighted by Crippen LogP contribution is 2.18. The fourth-order valence-corrected chi connectivity index (χ4v) is 2.10. The number of halogens is 2. The Kier molecular flexibility index (Phi) is 6.00. The second-order valence-corrected chi connectivity index (χ2v) is 5.22. The molecule has 2 aromatic carbocycles. The number of esters is 1. The van der Waals surface area contributed by atoms with E-state index in [-0.39, 0.29) is 28.5 Å². The number of methoxy groups -OCH3 is 1. The minimum Gasteiger partial charge on any atom is -0.497 e. The van der Waals surface area contributed by atoms with E-state index >= 15 is 0 Å². The zero-order valence-corrected chi connectivity index (χ0v) is 14.0. The van der Waals surface area contributed by atoms with Gasteiger partial charge in [0.2, 0.25) is 11.7 Å². The summed E-state index contributed by atoms with van der Waals surface area (Å²) in [5.74, 6) is -3.79. The summed E-state index contributed by atoms with van der Waals surface area (Å²) in [6.45, 7) is 0.495. The zero-order chi connectivity index (χ0) is 19.3. The number of carbonyl (C=O) groups is 3. The topological polar surface area (TPSA) is 81.7 Å². The molecule has 0 heterocycles. The van der Waals surface area contributed by atoms with Crippen molar-refractivity contribution in [1.29, 1.82) is 0 Å². The lowest BCUT2D eigenvalue weighted by molar-refractivity contribution is -0.114. The Bertz CT molecular complexity index is 867. The largest absolute Gasteiger partial charge is 0.497 e. The van der Waals surface area contributed by atoms with E-state index in [1.165, 1.54) is 26.2 Å². The second-order valence-electron chi connectivity index (χ2n) is 5.22. The van der Waals surface area contributed by atoms with Crippen LogP contribution in [-0.4, -0.2) is 31.4 Å². The number of carbonyl (C=O) groups excluding carboxylic acids is 3. The molecule has 26 heavy (non-hydrogen) atoms. The molecule has 0 aromatic heterocycles. The number of benzene rings is 2. The predicted molar refractivity (Wildman–Crippen MR) is 88.3 cm³/mol. The van der Waals surface area contributed by atoms with Crippen molar-refractivity contribution in [2.75, 3.05) is 19.0 Å². The first-order chi connectivity index (χ1) is 12.3. The smallest absolute Gasteiger partial charge is 0.341 e. The Morgan fingerprint density at radius 3 is 2.23 bits per heavy atom. The van der Waals surface area contributed by atoms with Crippen molar-refractivity contribution in [2.45, 2.75) is 6.92 Å². The summed E-state index contributed by atoms with van der Waals surface area (Å²) in [7, 11) is 1.34. The molecule has 0 fully saturated rings. The molecule has 0 aliphatic rings. The lowest BCUT2D eigenvalue weighted by Crippen LogP contribution is -2.16. The lowest BCUT2D eigenvalue weighted by Gasteiger charge is -2.08. The number of hydrogen-bond acceptors (Lipinski definition) is 5. The highest BCUT2D eigenvalue weighted by molar-refractivity contribution is 6.00. The molecule has 0 unspecified atom stereocenters. The maximum absolute atomic E-state index is 14.0. The maximum atomic E-state index is 14.0. The maximum Gasteiger partial charge on any atom is 0.341 e. The van der Waals surface area contributed by atoms with Gasteiger partial charge in [0.15, 0.2) is 6.61 Å². The number of hydrogen-bond donors (Lipinski definition) is 1. The SMILES string of the molecule is COc1ccc(C(=O)OCC(=O)c2ccc(NC(C)=O)cc2F)c(F)c1. The van der Waals surface area contributed by atoms with Crippen LogP contribution in [0.1, 0.15) is 27.6 Å². The minimum atomic E-state index is -1.06. The zero-order valence-electron chi connectivity index (χ0n) is 14.0. The van der Waals surface area contributed by atoms with Gasteiger partial charge in [-0.15, -0.1) is 0 Å². The summed E-state index contributed by atoms with van der Waals surface area (Å²) in [5.41, 5.74) is -0.508. The van der Waals surface area contributed by atoms with Crippen LogP contribution >= 0.6 is 0 Å². The van der Waals surface area contributed by atoms with Crippen LogP contribution < -0.4 is 10.1 Å². The average Bonchev–Trinajstić information content (AvgIpc) is 2.58. The number of anilines is 1. The molecule has 1 amide bonds. The first-order valence-corrected chi connectivity index (χ1v) is 7.43. The van der Waals surface area contributed by atoms with E-state index in [1.807, 2.05) is 0 Å². The minimum absolute atomic E-state index is 0.184. The molecule has 0 aliphatic heterocycles. The standard InChI is InChI=1S/C18H15F2NO5/c1-10(22)21-11-3-5-13(15(19)7-11)17(23)9-26-18(24)14-6-4-12(25-2)8-16(14)20/h3-8H,9H2,1-2H3,(H,21,22). The molecule has 0 spiro atoms. The van der Waals surface area contributed by atoms with Gasteiger partial charge in [0.1, 0.15) is 17.4 Å². The quantitative estimate of drug-likeness (QED) is 0.630. The number of amides is 1. The van der Waals surface area contributed by atoms with E-state index in [4.69, 9.17) is 9.47 Å². The van der Waals surface area contributed by atoms with Crippen molar-refractivity contribution in [3.63, 3.8) is 0 Å². The number of nitrogens with one attached hydrogen (secondary N) is 1. The van der Waals surface area contributed by atoms with E-state index in [9.17, 15) is 23.2 Å². The Morgan fingerprint density at radius 1 is 1.00 bits per heavy atom. The summed E-state index contributed by atoms with van der Waals surface area (Å²) in [4.78, 5) is 34.8. The molecule has 1 N–H and O–H groups in total. The molecule has 6 nitrogen and oxygen atoms in total. The van der Waals surface area contributed by atoms with Crippen molar-refractivity contribution < 1.29 is 32.6 Å². The van der Waals surface area contributed by atoms with Gasteiger partial charge in [-0.25, -0.2) is 13.6 Å². The normalized spacial score (nSPS) is 10.2. The van der Waals surface area contributed by atoms with Crippen molar-refractivity contribution in [1.82, 2.24) is 0 Å². The van der Waals surface area contributed by atoms with Crippen LogP contribution in [-0.2, 0) is 9.53 Å². The molecule has 0 aliphatic carbocycles. The van der Waals surface area contributed by atoms with Gasteiger partial charge in [0.05, 0.1) is 18.2 Å². The van der Waals surface area contributed by atoms with E-state index < -0.39 is 30.0 Å². The molecule has 0 bridgehead atoms. The van der Waals surface area contributed by atoms with Gasteiger partial charge in [-0.3, -0.25) is 9.59 Å². The van der Waals surface area contributed by atoms with Crippen LogP contribution in [0.5, 0.6) is 5.75 Å². The van der Waals surface area contributed by atoms with Crippen molar-refractivity contribution in [3.8, 4) is 5.75 Å². The fraction of sp³-hybridized carbons (Fsp3) is 0.167. The Labute approximate surface area is 147 Å². The van der Waals surface area contributed by atoms with Gasteiger partial charge >= 0.3 is 5.97 Å². The number of Topliss-reactive ketones (excluding diaryl/α,β-unsaturated/α-hetero) is 1. The van der Waals surface area contributed by atoms with E-state index in [2.05, 4.69) is 5.32 Å². The summed E-state index contributed by atoms with van der Waals surface area (Å²) >= 11 is 0.